The van der Waals surface area contributed by atoms with Crippen LogP contribution in [0, 0.1) is 5.92 Å². The third-order valence-electron chi connectivity index (χ3n) is 5.40. The Morgan fingerprint density at radius 1 is 1.32 bits per heavy atom. The molecule has 3 N–H and O–H groups in total. The highest BCUT2D eigenvalue weighted by Gasteiger charge is 2.61. The zero-order valence-corrected chi connectivity index (χ0v) is 12.5. The third-order valence-corrected chi connectivity index (χ3v) is 5.40. The summed E-state index contributed by atoms with van der Waals surface area (Å²) in [5, 5.41) is 10.8. The zero-order valence-electron chi connectivity index (χ0n) is 12.5. The molecule has 22 heavy (non-hydrogen) atoms. The van der Waals surface area contributed by atoms with Crippen molar-refractivity contribution in [3.63, 3.8) is 0 Å². The van der Waals surface area contributed by atoms with E-state index in [2.05, 4.69) is 15.8 Å². The van der Waals surface area contributed by atoms with Gasteiger partial charge in [0.2, 0.25) is 5.72 Å². The molecule has 0 bridgehead atoms. The molecule has 6 nitrogen and oxygen atoms in total. The molecular formula is C16H22N4O2. The van der Waals surface area contributed by atoms with Crippen molar-refractivity contribution >= 4 is 5.91 Å². The molecule has 0 spiro atoms. The van der Waals surface area contributed by atoms with Gasteiger partial charge in [-0.3, -0.25) is 9.78 Å². The van der Waals surface area contributed by atoms with Gasteiger partial charge in [0.25, 0.3) is 5.91 Å². The first-order chi connectivity index (χ1) is 10.7. The van der Waals surface area contributed by atoms with Crippen LogP contribution in [0.15, 0.2) is 24.5 Å². The number of pyridine rings is 1. The van der Waals surface area contributed by atoms with Gasteiger partial charge in [0.05, 0.1) is 12.0 Å². The van der Waals surface area contributed by atoms with Crippen molar-refractivity contribution in [2.75, 3.05) is 6.54 Å². The van der Waals surface area contributed by atoms with Gasteiger partial charge in [-0.15, -0.1) is 0 Å². The van der Waals surface area contributed by atoms with Crippen molar-refractivity contribution in [1.29, 1.82) is 0 Å². The lowest BCUT2D eigenvalue weighted by Crippen LogP contribution is -2.54. The van der Waals surface area contributed by atoms with Crippen molar-refractivity contribution in [3.05, 3.63) is 30.1 Å². The van der Waals surface area contributed by atoms with Gasteiger partial charge in [0.1, 0.15) is 0 Å². The number of nitrogens with zero attached hydrogens (tertiary/aromatic N) is 2. The van der Waals surface area contributed by atoms with Gasteiger partial charge >= 0.3 is 0 Å². The normalized spacial score (nSPS) is 35.9. The average molecular weight is 302 g/mol. The predicted octanol–water partition coefficient (Wildman–Crippen LogP) is 0.710. The molecule has 1 aromatic heterocycles. The minimum atomic E-state index is -1.49. The molecule has 2 saturated heterocycles. The molecule has 3 atom stereocenters. The zero-order chi connectivity index (χ0) is 15.2. The summed E-state index contributed by atoms with van der Waals surface area (Å²) in [5.74, 6) is -0.366. The van der Waals surface area contributed by atoms with E-state index in [1.165, 1.54) is 19.3 Å². The van der Waals surface area contributed by atoms with Gasteiger partial charge in [0, 0.05) is 25.0 Å². The number of aromatic nitrogens is 1. The summed E-state index contributed by atoms with van der Waals surface area (Å²) < 4.78 is 0. The highest BCUT2D eigenvalue weighted by Crippen LogP contribution is 2.42. The first-order valence-electron chi connectivity index (χ1n) is 8.16. The van der Waals surface area contributed by atoms with Crippen LogP contribution < -0.4 is 10.9 Å². The quantitative estimate of drug-likeness (QED) is 0.750. The van der Waals surface area contributed by atoms with Gasteiger partial charge in [-0.05, 0) is 24.5 Å². The van der Waals surface area contributed by atoms with Gasteiger partial charge in [0.15, 0.2) is 0 Å². The number of likely N-dealkylation sites (tertiary alicyclic amines) is 1. The number of carbonyl (C=O) groups is 1. The lowest BCUT2D eigenvalue weighted by Gasteiger charge is -2.32. The molecule has 3 heterocycles. The number of carbonyl (C=O) groups excluding carboxylic acids is 1. The van der Waals surface area contributed by atoms with E-state index in [0.29, 0.717) is 6.54 Å². The minimum absolute atomic E-state index is 0.101. The highest BCUT2D eigenvalue weighted by molar-refractivity contribution is 5.88. The molecule has 0 aromatic carbocycles. The molecule has 0 unspecified atom stereocenters. The topological polar surface area (TPSA) is 77.5 Å². The molecule has 1 aliphatic carbocycles. The molecule has 1 amide bonds. The first kappa shape index (κ1) is 14.1. The summed E-state index contributed by atoms with van der Waals surface area (Å²) in [6, 6.07) is 4.04. The molecule has 6 heteroatoms. The maximum atomic E-state index is 12.7. The summed E-state index contributed by atoms with van der Waals surface area (Å²) in [5.41, 5.74) is 5.44. The van der Waals surface area contributed by atoms with E-state index in [1.54, 1.807) is 12.4 Å². The van der Waals surface area contributed by atoms with E-state index in [0.717, 1.165) is 18.4 Å². The summed E-state index contributed by atoms with van der Waals surface area (Å²) in [6.07, 6.45) is 9.24. The maximum Gasteiger partial charge on any atom is 0.271 e. The molecule has 2 aliphatic heterocycles. The van der Waals surface area contributed by atoms with Crippen LogP contribution >= 0.6 is 0 Å². The fraction of sp³-hybridized carbons (Fsp3) is 0.625. The molecule has 0 radical (unpaired) electrons. The number of hydrogen-bond acceptors (Lipinski definition) is 5. The second-order valence-electron chi connectivity index (χ2n) is 6.66. The number of hydrogen-bond donors (Lipinski definition) is 3. The molecule has 4 rings (SSSR count). The Balaban J connectivity index is 1.59. The van der Waals surface area contributed by atoms with Crippen LogP contribution in [0.5, 0.6) is 0 Å². The lowest BCUT2D eigenvalue weighted by molar-refractivity contribution is -0.149. The van der Waals surface area contributed by atoms with Crippen LogP contribution in [0.4, 0.5) is 0 Å². The smallest absolute Gasteiger partial charge is 0.271 e. The fourth-order valence-corrected chi connectivity index (χ4v) is 4.17. The molecule has 1 saturated carbocycles. The van der Waals surface area contributed by atoms with E-state index < -0.39 is 5.72 Å². The van der Waals surface area contributed by atoms with Crippen molar-refractivity contribution in [2.45, 2.75) is 49.9 Å². The Morgan fingerprint density at radius 3 is 2.86 bits per heavy atom. The maximum absolute atomic E-state index is 12.7. The van der Waals surface area contributed by atoms with Gasteiger partial charge < -0.3 is 10.0 Å². The Hall–Kier alpha value is -1.50. The minimum Gasteiger partial charge on any atom is -0.366 e. The SMILES string of the molecule is O=C1N(C2CCCCC2)C[C@H]2[C@H](c3cccnc3)NN[C@@]12O. The molecule has 118 valence electrons. The van der Waals surface area contributed by atoms with Crippen LogP contribution in [0.3, 0.4) is 0 Å². The Bertz CT molecular complexity index is 561. The average Bonchev–Trinajstić information content (AvgIpc) is 3.03. The number of amides is 1. The van der Waals surface area contributed by atoms with Crippen molar-refractivity contribution in [3.8, 4) is 0 Å². The Kier molecular flexibility index (Phi) is 3.40. The number of rotatable bonds is 2. The second-order valence-corrected chi connectivity index (χ2v) is 6.66. The van der Waals surface area contributed by atoms with Crippen LogP contribution in [-0.2, 0) is 4.79 Å². The Morgan fingerprint density at radius 2 is 2.14 bits per heavy atom. The summed E-state index contributed by atoms with van der Waals surface area (Å²) in [4.78, 5) is 18.8. The number of aliphatic hydroxyl groups is 1. The van der Waals surface area contributed by atoms with E-state index in [9.17, 15) is 9.90 Å². The van der Waals surface area contributed by atoms with Crippen molar-refractivity contribution in [2.24, 2.45) is 5.92 Å². The monoisotopic (exact) mass is 302 g/mol. The molecule has 3 fully saturated rings. The van der Waals surface area contributed by atoms with Crippen LogP contribution in [0.25, 0.3) is 0 Å². The number of fused-ring (bicyclic) bond motifs is 1. The molecular weight excluding hydrogens is 280 g/mol. The number of nitrogens with one attached hydrogen (secondary N) is 2. The first-order valence-corrected chi connectivity index (χ1v) is 8.16. The molecule has 3 aliphatic rings. The van der Waals surface area contributed by atoms with Crippen LogP contribution in [-0.4, -0.2) is 39.2 Å². The van der Waals surface area contributed by atoms with Gasteiger partial charge in [-0.25, -0.2) is 10.9 Å². The standard InChI is InChI=1S/C16H22N4O2/c21-15-16(22)13(10-20(15)12-6-2-1-3-7-12)14(18-19-16)11-5-4-8-17-9-11/h4-5,8-9,12-14,18-19,22H,1-3,6-7,10H2/t13-,14-,16-/m0/s1. The summed E-state index contributed by atoms with van der Waals surface area (Å²) in [6.45, 7) is 0.597. The summed E-state index contributed by atoms with van der Waals surface area (Å²) in [7, 11) is 0. The summed E-state index contributed by atoms with van der Waals surface area (Å²) >= 11 is 0. The predicted molar refractivity (Wildman–Crippen MR) is 80.3 cm³/mol. The van der Waals surface area contributed by atoms with E-state index in [4.69, 9.17) is 0 Å². The van der Waals surface area contributed by atoms with Crippen LogP contribution in [0.1, 0.15) is 43.7 Å². The van der Waals surface area contributed by atoms with Gasteiger partial charge in [-0.2, -0.15) is 0 Å². The third kappa shape index (κ3) is 2.06. The lowest BCUT2D eigenvalue weighted by atomic mass is 9.90. The van der Waals surface area contributed by atoms with Crippen LogP contribution in [0.2, 0.25) is 0 Å². The van der Waals surface area contributed by atoms with Crippen molar-refractivity contribution in [1.82, 2.24) is 20.7 Å². The Labute approximate surface area is 129 Å². The molecule has 1 aromatic rings. The van der Waals surface area contributed by atoms with E-state index >= 15 is 0 Å². The van der Waals surface area contributed by atoms with Crippen molar-refractivity contribution < 1.29 is 9.90 Å². The fourth-order valence-electron chi connectivity index (χ4n) is 4.17. The highest BCUT2D eigenvalue weighted by atomic mass is 16.3. The van der Waals surface area contributed by atoms with E-state index in [1.807, 2.05) is 17.0 Å². The second kappa shape index (κ2) is 5.30. The number of hydrazine groups is 1. The largest absolute Gasteiger partial charge is 0.366 e. The van der Waals surface area contributed by atoms with E-state index in [-0.39, 0.29) is 23.9 Å². The van der Waals surface area contributed by atoms with Gasteiger partial charge in [-0.1, -0.05) is 25.3 Å².